The smallest absolute Gasteiger partial charge is 0.319 e. The maximum atomic E-state index is 12.3. The molecule has 0 atom stereocenters. The highest BCUT2D eigenvalue weighted by atomic mass is 16.2. The SMILES string of the molecule is Cc1cnccc1NC(=O)NC(C)(C)c1cn(-c2ccccc2)nn1. The Morgan fingerprint density at radius 3 is 2.64 bits per heavy atom. The van der Waals surface area contributed by atoms with E-state index in [0.717, 1.165) is 16.9 Å². The highest BCUT2D eigenvalue weighted by Gasteiger charge is 2.26. The minimum absolute atomic E-state index is 0.312. The number of rotatable bonds is 4. The molecule has 7 heteroatoms. The monoisotopic (exact) mass is 336 g/mol. The molecule has 0 radical (unpaired) electrons. The van der Waals surface area contributed by atoms with E-state index in [0.29, 0.717) is 5.69 Å². The van der Waals surface area contributed by atoms with Crippen LogP contribution in [-0.4, -0.2) is 26.0 Å². The fraction of sp³-hybridized carbons (Fsp3) is 0.222. The van der Waals surface area contributed by atoms with Gasteiger partial charge < -0.3 is 10.6 Å². The van der Waals surface area contributed by atoms with Gasteiger partial charge in [-0.05, 0) is 44.5 Å². The molecule has 128 valence electrons. The van der Waals surface area contributed by atoms with E-state index in [9.17, 15) is 4.79 Å². The van der Waals surface area contributed by atoms with Crippen LogP contribution in [0.15, 0.2) is 55.0 Å². The van der Waals surface area contributed by atoms with Gasteiger partial charge in [-0.2, -0.15) is 0 Å². The second-order valence-electron chi connectivity index (χ2n) is 6.28. The second kappa shape index (κ2) is 6.72. The summed E-state index contributed by atoms with van der Waals surface area (Å²) in [5.74, 6) is 0. The topological polar surface area (TPSA) is 84.7 Å². The number of aromatic nitrogens is 4. The Morgan fingerprint density at radius 2 is 1.92 bits per heavy atom. The third kappa shape index (κ3) is 3.82. The van der Waals surface area contributed by atoms with Gasteiger partial charge >= 0.3 is 6.03 Å². The molecule has 2 heterocycles. The molecule has 3 rings (SSSR count). The number of amides is 2. The van der Waals surface area contributed by atoms with E-state index in [1.54, 1.807) is 23.1 Å². The summed E-state index contributed by atoms with van der Waals surface area (Å²) >= 11 is 0. The van der Waals surface area contributed by atoms with Gasteiger partial charge in [0.25, 0.3) is 0 Å². The van der Waals surface area contributed by atoms with E-state index in [4.69, 9.17) is 0 Å². The maximum Gasteiger partial charge on any atom is 0.319 e. The lowest BCUT2D eigenvalue weighted by atomic mass is 10.0. The Morgan fingerprint density at radius 1 is 1.16 bits per heavy atom. The number of nitrogens with one attached hydrogen (secondary N) is 2. The van der Waals surface area contributed by atoms with Crippen molar-refractivity contribution in [3.63, 3.8) is 0 Å². The van der Waals surface area contributed by atoms with Crippen molar-refractivity contribution >= 4 is 11.7 Å². The van der Waals surface area contributed by atoms with E-state index >= 15 is 0 Å². The van der Waals surface area contributed by atoms with Crippen molar-refractivity contribution in [3.8, 4) is 5.69 Å². The van der Waals surface area contributed by atoms with Crippen LogP contribution in [0.2, 0.25) is 0 Å². The number of nitrogens with zero attached hydrogens (tertiary/aromatic N) is 4. The summed E-state index contributed by atoms with van der Waals surface area (Å²) in [6.07, 6.45) is 5.15. The average molecular weight is 336 g/mol. The molecule has 25 heavy (non-hydrogen) atoms. The van der Waals surface area contributed by atoms with Gasteiger partial charge in [0.2, 0.25) is 0 Å². The molecule has 2 N–H and O–H groups in total. The minimum Gasteiger partial charge on any atom is -0.327 e. The number of aryl methyl sites for hydroxylation is 1. The van der Waals surface area contributed by atoms with Crippen LogP contribution in [0.3, 0.4) is 0 Å². The Kier molecular flexibility index (Phi) is 4.47. The van der Waals surface area contributed by atoms with E-state index in [2.05, 4.69) is 25.9 Å². The summed E-state index contributed by atoms with van der Waals surface area (Å²) in [5, 5.41) is 14.1. The third-order valence-corrected chi connectivity index (χ3v) is 3.85. The molecule has 7 nitrogen and oxygen atoms in total. The number of hydrogen-bond donors (Lipinski definition) is 2. The van der Waals surface area contributed by atoms with Gasteiger partial charge in [-0.25, -0.2) is 9.48 Å². The van der Waals surface area contributed by atoms with Crippen molar-refractivity contribution in [2.75, 3.05) is 5.32 Å². The molecule has 1 aromatic carbocycles. The van der Waals surface area contributed by atoms with E-state index < -0.39 is 5.54 Å². The van der Waals surface area contributed by atoms with Gasteiger partial charge in [0.1, 0.15) is 5.69 Å². The number of carbonyl (C=O) groups excluding carboxylic acids is 1. The Balaban J connectivity index is 1.72. The molecule has 0 unspecified atom stereocenters. The van der Waals surface area contributed by atoms with Crippen LogP contribution in [0, 0.1) is 6.92 Å². The average Bonchev–Trinajstić information content (AvgIpc) is 3.08. The predicted octanol–water partition coefficient (Wildman–Crippen LogP) is 3.03. The third-order valence-electron chi connectivity index (χ3n) is 3.85. The van der Waals surface area contributed by atoms with Gasteiger partial charge in [-0.1, -0.05) is 23.4 Å². The fourth-order valence-electron chi connectivity index (χ4n) is 2.37. The van der Waals surface area contributed by atoms with Crippen molar-refractivity contribution in [1.29, 1.82) is 0 Å². The van der Waals surface area contributed by atoms with E-state index in [1.807, 2.05) is 57.3 Å². The Labute approximate surface area is 146 Å². The highest BCUT2D eigenvalue weighted by Crippen LogP contribution is 2.19. The first-order valence-electron chi connectivity index (χ1n) is 7.94. The zero-order chi connectivity index (χ0) is 17.9. The number of anilines is 1. The van der Waals surface area contributed by atoms with Crippen LogP contribution in [0.1, 0.15) is 25.1 Å². The lowest BCUT2D eigenvalue weighted by Gasteiger charge is -2.24. The van der Waals surface area contributed by atoms with E-state index in [1.165, 1.54) is 0 Å². The molecular weight excluding hydrogens is 316 g/mol. The molecule has 0 bridgehead atoms. The minimum atomic E-state index is -0.682. The standard InChI is InChI=1S/C18H20N6O/c1-13-11-19-10-9-15(13)20-17(25)21-18(2,3)16-12-24(23-22-16)14-7-5-4-6-8-14/h4-12H,1-3H3,(H2,19,20,21,25). The zero-order valence-corrected chi connectivity index (χ0v) is 14.4. The summed E-state index contributed by atoms with van der Waals surface area (Å²) in [7, 11) is 0. The molecule has 0 spiro atoms. The molecule has 0 aliphatic carbocycles. The molecule has 0 saturated heterocycles. The second-order valence-corrected chi connectivity index (χ2v) is 6.28. The van der Waals surface area contributed by atoms with Crippen LogP contribution in [0.25, 0.3) is 5.69 Å². The van der Waals surface area contributed by atoms with Crippen LogP contribution in [-0.2, 0) is 5.54 Å². The van der Waals surface area contributed by atoms with Gasteiger partial charge in [-0.3, -0.25) is 4.98 Å². The molecule has 2 amide bonds. The van der Waals surface area contributed by atoms with Gasteiger partial charge in [0.15, 0.2) is 0 Å². The molecule has 2 aromatic heterocycles. The van der Waals surface area contributed by atoms with Gasteiger partial charge in [-0.15, -0.1) is 5.10 Å². The molecule has 3 aromatic rings. The Bertz CT molecular complexity index is 872. The van der Waals surface area contributed by atoms with Crippen LogP contribution in [0.4, 0.5) is 10.5 Å². The van der Waals surface area contributed by atoms with Crippen molar-refractivity contribution in [3.05, 3.63) is 66.2 Å². The number of hydrogen-bond acceptors (Lipinski definition) is 4. The number of carbonyl (C=O) groups is 1. The predicted molar refractivity (Wildman–Crippen MR) is 95.5 cm³/mol. The van der Waals surface area contributed by atoms with Crippen LogP contribution in [0.5, 0.6) is 0 Å². The number of pyridine rings is 1. The first kappa shape index (κ1) is 16.6. The van der Waals surface area contributed by atoms with Gasteiger partial charge in [0.05, 0.1) is 17.4 Å². The summed E-state index contributed by atoms with van der Waals surface area (Å²) in [4.78, 5) is 16.3. The summed E-state index contributed by atoms with van der Waals surface area (Å²) in [6, 6.07) is 11.1. The molecule has 0 saturated carbocycles. The van der Waals surface area contributed by atoms with Crippen molar-refractivity contribution in [1.82, 2.24) is 25.3 Å². The molecular formula is C18H20N6O. The van der Waals surface area contributed by atoms with Crippen molar-refractivity contribution < 1.29 is 4.79 Å². The first-order chi connectivity index (χ1) is 12.0. The van der Waals surface area contributed by atoms with Crippen molar-refractivity contribution in [2.24, 2.45) is 0 Å². The quantitative estimate of drug-likeness (QED) is 0.767. The lowest BCUT2D eigenvalue weighted by Crippen LogP contribution is -2.43. The lowest BCUT2D eigenvalue weighted by molar-refractivity contribution is 0.241. The zero-order valence-electron chi connectivity index (χ0n) is 14.4. The van der Waals surface area contributed by atoms with Crippen LogP contribution < -0.4 is 10.6 Å². The Hall–Kier alpha value is -3.22. The largest absolute Gasteiger partial charge is 0.327 e. The highest BCUT2D eigenvalue weighted by molar-refractivity contribution is 5.90. The van der Waals surface area contributed by atoms with E-state index in [-0.39, 0.29) is 6.03 Å². The van der Waals surface area contributed by atoms with Gasteiger partial charge in [0, 0.05) is 18.1 Å². The summed E-state index contributed by atoms with van der Waals surface area (Å²) in [6.45, 7) is 5.65. The molecule has 0 aliphatic rings. The fourth-order valence-corrected chi connectivity index (χ4v) is 2.37. The first-order valence-corrected chi connectivity index (χ1v) is 7.94. The maximum absolute atomic E-state index is 12.3. The van der Waals surface area contributed by atoms with Crippen LogP contribution >= 0.6 is 0 Å². The molecule has 0 aliphatic heterocycles. The molecule has 0 fully saturated rings. The number of urea groups is 1. The summed E-state index contributed by atoms with van der Waals surface area (Å²) < 4.78 is 1.68. The number of para-hydroxylation sites is 1. The summed E-state index contributed by atoms with van der Waals surface area (Å²) in [5.41, 5.74) is 2.51. The normalized spacial score (nSPS) is 11.2. The number of benzene rings is 1. The van der Waals surface area contributed by atoms with Crippen molar-refractivity contribution in [2.45, 2.75) is 26.3 Å².